The van der Waals surface area contributed by atoms with Gasteiger partial charge >= 0.3 is 0 Å². The number of nitrogens with zero attached hydrogens (tertiary/aromatic N) is 2. The van der Waals surface area contributed by atoms with Crippen LogP contribution in [0.15, 0.2) is 59.3 Å². The summed E-state index contributed by atoms with van der Waals surface area (Å²) in [6.07, 6.45) is 3.61. The molecule has 0 saturated heterocycles. The Morgan fingerprint density at radius 3 is 2.65 bits per heavy atom. The molecule has 20 heavy (non-hydrogen) atoms. The van der Waals surface area contributed by atoms with E-state index in [0.717, 1.165) is 26.9 Å². The number of hydrogen-bond acceptors (Lipinski definition) is 2. The van der Waals surface area contributed by atoms with Gasteiger partial charge in [0.05, 0.1) is 11.2 Å². The summed E-state index contributed by atoms with van der Waals surface area (Å²) < 4.78 is 0.998. The lowest BCUT2D eigenvalue weighted by molar-refractivity contribution is 1.25. The highest BCUT2D eigenvalue weighted by Gasteiger charge is 2.11. The van der Waals surface area contributed by atoms with Crippen molar-refractivity contribution in [1.29, 1.82) is 0 Å². The second kappa shape index (κ2) is 4.42. The van der Waals surface area contributed by atoms with Crippen molar-refractivity contribution >= 4 is 37.7 Å². The number of benzene rings is 1. The van der Waals surface area contributed by atoms with E-state index in [1.165, 1.54) is 10.8 Å². The molecule has 4 aromatic rings. The molecule has 0 unspecified atom stereocenters. The lowest BCUT2D eigenvalue weighted by atomic mass is 10.1. The summed E-state index contributed by atoms with van der Waals surface area (Å²) in [7, 11) is 0. The van der Waals surface area contributed by atoms with Crippen LogP contribution in [0.1, 0.15) is 0 Å². The fraction of sp³-hybridized carbons (Fsp3) is 0. The molecular formula is C16H10BrN3. The first-order valence-corrected chi connectivity index (χ1v) is 7.09. The Bertz CT molecular complexity index is 927. The van der Waals surface area contributed by atoms with E-state index < -0.39 is 0 Å². The Morgan fingerprint density at radius 1 is 0.900 bits per heavy atom. The summed E-state index contributed by atoms with van der Waals surface area (Å²) in [5.74, 6) is 0. The van der Waals surface area contributed by atoms with Gasteiger partial charge in [0.15, 0.2) is 0 Å². The van der Waals surface area contributed by atoms with Crippen molar-refractivity contribution in [3.8, 4) is 11.4 Å². The van der Waals surface area contributed by atoms with Crippen LogP contribution < -0.4 is 0 Å². The molecule has 96 valence electrons. The third-order valence-electron chi connectivity index (χ3n) is 3.39. The van der Waals surface area contributed by atoms with Gasteiger partial charge in [-0.2, -0.15) is 0 Å². The summed E-state index contributed by atoms with van der Waals surface area (Å²) in [5.41, 5.74) is 3.88. The Kier molecular flexibility index (Phi) is 2.57. The third kappa shape index (κ3) is 1.72. The Balaban J connectivity index is 2.10. The molecule has 0 aliphatic rings. The molecule has 4 heteroatoms. The van der Waals surface area contributed by atoms with Gasteiger partial charge in [0.1, 0.15) is 5.69 Å². The number of H-pyrrole nitrogens is 1. The van der Waals surface area contributed by atoms with E-state index in [-0.39, 0.29) is 0 Å². The Hall–Kier alpha value is -2.20. The highest BCUT2D eigenvalue weighted by molar-refractivity contribution is 9.10. The number of fused-ring (bicyclic) bond motifs is 3. The maximum atomic E-state index is 4.50. The van der Waals surface area contributed by atoms with E-state index in [1.54, 1.807) is 6.20 Å². The van der Waals surface area contributed by atoms with Crippen molar-refractivity contribution in [2.75, 3.05) is 0 Å². The highest BCUT2D eigenvalue weighted by Crippen LogP contribution is 2.31. The van der Waals surface area contributed by atoms with Crippen molar-refractivity contribution in [3.63, 3.8) is 0 Å². The number of para-hydroxylation sites is 1. The molecule has 0 bridgehead atoms. The molecule has 4 rings (SSSR count). The summed E-state index contributed by atoms with van der Waals surface area (Å²) in [5, 5.41) is 2.38. The van der Waals surface area contributed by atoms with Crippen molar-refractivity contribution in [3.05, 3.63) is 59.3 Å². The predicted octanol–water partition coefficient (Wildman–Crippen LogP) is 4.54. The molecule has 0 aliphatic heterocycles. The molecule has 0 saturated carbocycles. The van der Waals surface area contributed by atoms with E-state index in [1.807, 2.05) is 36.5 Å². The number of aromatic amines is 1. The van der Waals surface area contributed by atoms with Crippen LogP contribution in [0.5, 0.6) is 0 Å². The molecule has 0 fully saturated rings. The number of rotatable bonds is 1. The smallest absolute Gasteiger partial charge is 0.113 e. The van der Waals surface area contributed by atoms with Crippen molar-refractivity contribution in [2.45, 2.75) is 0 Å². The lowest BCUT2D eigenvalue weighted by Crippen LogP contribution is -1.88. The van der Waals surface area contributed by atoms with E-state index >= 15 is 0 Å². The number of aromatic nitrogens is 3. The van der Waals surface area contributed by atoms with Crippen LogP contribution in [0.4, 0.5) is 0 Å². The average molecular weight is 324 g/mol. The van der Waals surface area contributed by atoms with Crippen LogP contribution >= 0.6 is 15.9 Å². The minimum absolute atomic E-state index is 0.858. The second-order valence-corrected chi connectivity index (χ2v) is 5.53. The molecule has 3 heterocycles. The van der Waals surface area contributed by atoms with Gasteiger partial charge in [0, 0.05) is 33.2 Å². The summed E-state index contributed by atoms with van der Waals surface area (Å²) in [6, 6.07) is 14.2. The molecule has 3 nitrogen and oxygen atoms in total. The molecule has 1 N–H and O–H groups in total. The van der Waals surface area contributed by atoms with Gasteiger partial charge in [-0.1, -0.05) is 34.1 Å². The van der Waals surface area contributed by atoms with Crippen LogP contribution in [0.25, 0.3) is 33.2 Å². The van der Waals surface area contributed by atoms with Gasteiger partial charge < -0.3 is 4.98 Å². The van der Waals surface area contributed by atoms with Crippen LogP contribution in [-0.2, 0) is 0 Å². The molecule has 0 amide bonds. The van der Waals surface area contributed by atoms with E-state index in [9.17, 15) is 0 Å². The van der Waals surface area contributed by atoms with E-state index in [2.05, 4.69) is 43.0 Å². The lowest BCUT2D eigenvalue weighted by Gasteiger charge is -2.02. The third-order valence-corrected chi connectivity index (χ3v) is 3.89. The fourth-order valence-electron chi connectivity index (χ4n) is 2.50. The monoisotopic (exact) mass is 323 g/mol. The van der Waals surface area contributed by atoms with E-state index in [4.69, 9.17) is 0 Å². The first kappa shape index (κ1) is 11.6. The summed E-state index contributed by atoms with van der Waals surface area (Å²) in [4.78, 5) is 12.4. The zero-order valence-electron chi connectivity index (χ0n) is 10.5. The van der Waals surface area contributed by atoms with Gasteiger partial charge in [-0.25, -0.2) is 0 Å². The number of hydrogen-bond donors (Lipinski definition) is 1. The maximum Gasteiger partial charge on any atom is 0.113 e. The fourth-order valence-corrected chi connectivity index (χ4v) is 2.84. The molecule has 0 atom stereocenters. The second-order valence-electron chi connectivity index (χ2n) is 4.61. The topological polar surface area (TPSA) is 41.6 Å². The zero-order valence-corrected chi connectivity index (χ0v) is 12.1. The minimum Gasteiger partial charge on any atom is -0.353 e. The van der Waals surface area contributed by atoms with Gasteiger partial charge in [-0.3, -0.25) is 9.97 Å². The Morgan fingerprint density at radius 2 is 1.75 bits per heavy atom. The molecule has 0 aliphatic carbocycles. The van der Waals surface area contributed by atoms with Crippen molar-refractivity contribution in [2.24, 2.45) is 0 Å². The standard InChI is InChI=1S/C16H10BrN3/c17-10-5-7-18-14(9-10)16-15-12(6-8-19-16)11-3-1-2-4-13(11)20-15/h1-9,20H. The van der Waals surface area contributed by atoms with Crippen LogP contribution in [0.2, 0.25) is 0 Å². The minimum atomic E-state index is 0.858. The first-order chi connectivity index (χ1) is 9.83. The number of halogens is 1. The molecule has 0 radical (unpaired) electrons. The van der Waals surface area contributed by atoms with Gasteiger partial charge in [-0.05, 0) is 24.3 Å². The molecule has 3 aromatic heterocycles. The Labute approximate surface area is 123 Å². The van der Waals surface area contributed by atoms with Crippen molar-refractivity contribution in [1.82, 2.24) is 15.0 Å². The SMILES string of the molecule is Brc1ccnc(-c2nccc3c2[nH]c2ccccc23)c1. The van der Waals surface area contributed by atoms with Crippen LogP contribution in [-0.4, -0.2) is 15.0 Å². The predicted molar refractivity (Wildman–Crippen MR) is 84.5 cm³/mol. The number of nitrogens with one attached hydrogen (secondary N) is 1. The highest BCUT2D eigenvalue weighted by atomic mass is 79.9. The molecule has 1 aromatic carbocycles. The van der Waals surface area contributed by atoms with Crippen molar-refractivity contribution < 1.29 is 0 Å². The van der Waals surface area contributed by atoms with Crippen LogP contribution in [0, 0.1) is 0 Å². The largest absolute Gasteiger partial charge is 0.353 e. The summed E-state index contributed by atoms with van der Waals surface area (Å²) in [6.45, 7) is 0. The average Bonchev–Trinajstić information content (AvgIpc) is 2.86. The van der Waals surface area contributed by atoms with E-state index in [0.29, 0.717) is 0 Å². The molecular weight excluding hydrogens is 314 g/mol. The first-order valence-electron chi connectivity index (χ1n) is 6.30. The number of pyridine rings is 2. The molecule has 0 spiro atoms. The van der Waals surface area contributed by atoms with Gasteiger partial charge in [-0.15, -0.1) is 0 Å². The van der Waals surface area contributed by atoms with Gasteiger partial charge in [0.2, 0.25) is 0 Å². The maximum absolute atomic E-state index is 4.50. The normalized spacial score (nSPS) is 11.2. The quantitative estimate of drug-likeness (QED) is 0.558. The van der Waals surface area contributed by atoms with Gasteiger partial charge in [0.25, 0.3) is 0 Å². The summed E-state index contributed by atoms with van der Waals surface area (Å²) >= 11 is 3.48. The zero-order chi connectivity index (χ0) is 13.5. The van der Waals surface area contributed by atoms with Crippen LogP contribution in [0.3, 0.4) is 0 Å².